The third-order valence-electron chi connectivity index (χ3n) is 4.67. The summed E-state index contributed by atoms with van der Waals surface area (Å²) in [5, 5.41) is 0. The molecule has 4 nitrogen and oxygen atoms in total. The minimum atomic E-state index is 0.109. The number of rotatable bonds is 4. The molecule has 2 aromatic carbocycles. The fourth-order valence-corrected chi connectivity index (χ4v) is 3.60. The van der Waals surface area contributed by atoms with Crippen LogP contribution in [0.15, 0.2) is 67.0 Å². The van der Waals surface area contributed by atoms with Crippen molar-refractivity contribution in [2.24, 2.45) is 0 Å². The van der Waals surface area contributed by atoms with Crippen LogP contribution in [-0.2, 0) is 6.42 Å². The van der Waals surface area contributed by atoms with E-state index in [9.17, 15) is 0 Å². The van der Waals surface area contributed by atoms with E-state index in [1.165, 1.54) is 11.3 Å². The van der Waals surface area contributed by atoms with Gasteiger partial charge in [-0.1, -0.05) is 49.7 Å². The van der Waals surface area contributed by atoms with Gasteiger partial charge in [0, 0.05) is 23.8 Å². The topological polar surface area (TPSA) is 32.3 Å². The molecule has 4 rings (SSSR count). The molecule has 0 N–H and O–H groups in total. The highest BCUT2D eigenvalue weighted by molar-refractivity contribution is 5.83. The molecule has 4 heteroatoms. The molecule has 1 atom stereocenters. The maximum Gasteiger partial charge on any atom is 0.178 e. The van der Waals surface area contributed by atoms with E-state index >= 15 is 0 Å². The fourth-order valence-electron chi connectivity index (χ4n) is 3.60. The smallest absolute Gasteiger partial charge is 0.178 e. The molecule has 126 valence electrons. The maximum atomic E-state index is 4.67. The van der Waals surface area contributed by atoms with Crippen LogP contribution in [0.25, 0.3) is 0 Å². The Morgan fingerprint density at radius 1 is 0.840 bits per heavy atom. The molecule has 1 aliphatic rings. The monoisotopic (exact) mass is 330 g/mol. The average molecular weight is 330 g/mol. The number of fused-ring (bicyclic) bond motifs is 1. The lowest BCUT2D eigenvalue weighted by Gasteiger charge is -2.30. The van der Waals surface area contributed by atoms with Gasteiger partial charge >= 0.3 is 0 Å². The molecule has 25 heavy (non-hydrogen) atoms. The summed E-state index contributed by atoms with van der Waals surface area (Å²) >= 11 is 0. The van der Waals surface area contributed by atoms with E-state index < -0.39 is 0 Å². The first-order valence-electron chi connectivity index (χ1n) is 8.83. The lowest BCUT2D eigenvalue weighted by atomic mass is 10.1. The molecule has 3 aromatic rings. The third-order valence-corrected chi connectivity index (χ3v) is 4.67. The quantitative estimate of drug-likeness (QED) is 0.669. The Bertz CT molecular complexity index is 863. The highest BCUT2D eigenvalue weighted by Crippen LogP contribution is 2.45. The Morgan fingerprint density at radius 3 is 2.20 bits per heavy atom. The number of nitrogens with zero attached hydrogens (tertiary/aromatic N) is 4. The molecule has 1 aliphatic heterocycles. The second kappa shape index (κ2) is 6.55. The van der Waals surface area contributed by atoms with Crippen LogP contribution in [0, 0.1) is 0 Å². The van der Waals surface area contributed by atoms with Crippen molar-refractivity contribution < 1.29 is 0 Å². The van der Waals surface area contributed by atoms with Gasteiger partial charge in [-0.2, -0.15) is 0 Å². The first-order valence-corrected chi connectivity index (χ1v) is 8.83. The van der Waals surface area contributed by atoms with Crippen LogP contribution in [0.5, 0.6) is 0 Å². The van der Waals surface area contributed by atoms with Crippen molar-refractivity contribution in [2.45, 2.75) is 32.9 Å². The van der Waals surface area contributed by atoms with Gasteiger partial charge in [-0.05, 0) is 37.1 Å². The predicted molar refractivity (Wildman–Crippen MR) is 103 cm³/mol. The summed E-state index contributed by atoms with van der Waals surface area (Å²) in [5.74, 6) is 1.83. The van der Waals surface area contributed by atoms with Crippen molar-refractivity contribution in [1.29, 1.82) is 0 Å². The zero-order chi connectivity index (χ0) is 17.2. The number of benzene rings is 2. The lowest BCUT2D eigenvalue weighted by molar-refractivity contribution is 0.748. The minimum absolute atomic E-state index is 0.109. The maximum absolute atomic E-state index is 4.67. The Kier molecular flexibility index (Phi) is 4.10. The second-order valence-corrected chi connectivity index (χ2v) is 6.29. The molecule has 0 aliphatic carbocycles. The molecule has 2 heterocycles. The highest BCUT2D eigenvalue weighted by atomic mass is 15.5. The van der Waals surface area contributed by atoms with Crippen LogP contribution in [0.1, 0.15) is 25.8 Å². The van der Waals surface area contributed by atoms with Crippen LogP contribution in [0.2, 0.25) is 0 Å². The van der Waals surface area contributed by atoms with E-state index in [0.717, 1.165) is 30.2 Å². The van der Waals surface area contributed by atoms with Gasteiger partial charge in [0.05, 0.1) is 0 Å². The van der Waals surface area contributed by atoms with Gasteiger partial charge in [0.15, 0.2) is 11.6 Å². The molecular weight excluding hydrogens is 308 g/mol. The zero-order valence-electron chi connectivity index (χ0n) is 14.6. The summed E-state index contributed by atoms with van der Waals surface area (Å²) in [6, 6.07) is 19.0. The standard InChI is InChI=1S/C21H22N4/c1-3-9-17-10-7-8-13-19(17)25-16(2)24(18-11-5-4-6-12-18)20-21(25)23-15-14-22-20/h4-8,10-16H,3,9H2,1-2H3. The van der Waals surface area contributed by atoms with Gasteiger partial charge in [-0.3, -0.25) is 0 Å². The van der Waals surface area contributed by atoms with E-state index in [1.54, 1.807) is 12.4 Å². The van der Waals surface area contributed by atoms with E-state index in [-0.39, 0.29) is 6.17 Å². The van der Waals surface area contributed by atoms with E-state index in [1.807, 2.05) is 6.07 Å². The molecule has 0 saturated heterocycles. The number of para-hydroxylation sites is 2. The molecule has 0 saturated carbocycles. The van der Waals surface area contributed by atoms with Crippen molar-refractivity contribution in [3.8, 4) is 0 Å². The second-order valence-electron chi connectivity index (χ2n) is 6.29. The van der Waals surface area contributed by atoms with Crippen LogP contribution in [-0.4, -0.2) is 16.1 Å². The van der Waals surface area contributed by atoms with Crippen molar-refractivity contribution in [2.75, 3.05) is 9.80 Å². The first kappa shape index (κ1) is 15.6. The summed E-state index contributed by atoms with van der Waals surface area (Å²) in [6.07, 6.45) is 5.83. The molecular formula is C21H22N4. The number of hydrogen-bond acceptors (Lipinski definition) is 4. The highest BCUT2D eigenvalue weighted by Gasteiger charge is 2.37. The van der Waals surface area contributed by atoms with Crippen LogP contribution < -0.4 is 9.80 Å². The number of aromatic nitrogens is 2. The minimum Gasteiger partial charge on any atom is -0.302 e. The first-order chi connectivity index (χ1) is 12.3. The van der Waals surface area contributed by atoms with Gasteiger partial charge in [0.2, 0.25) is 0 Å². The molecule has 0 amide bonds. The summed E-state index contributed by atoms with van der Waals surface area (Å²) in [7, 11) is 0. The summed E-state index contributed by atoms with van der Waals surface area (Å²) in [4.78, 5) is 13.9. The van der Waals surface area contributed by atoms with Crippen LogP contribution in [0.4, 0.5) is 23.0 Å². The molecule has 0 radical (unpaired) electrons. The van der Waals surface area contributed by atoms with Gasteiger partial charge in [-0.15, -0.1) is 0 Å². The van der Waals surface area contributed by atoms with Crippen molar-refractivity contribution >= 4 is 23.0 Å². The Balaban J connectivity index is 1.85. The van der Waals surface area contributed by atoms with E-state index in [0.29, 0.717) is 0 Å². The molecule has 1 aromatic heterocycles. The Morgan fingerprint density at radius 2 is 1.48 bits per heavy atom. The van der Waals surface area contributed by atoms with Gasteiger partial charge in [0.25, 0.3) is 0 Å². The van der Waals surface area contributed by atoms with E-state index in [4.69, 9.17) is 0 Å². The van der Waals surface area contributed by atoms with Crippen LogP contribution >= 0.6 is 0 Å². The molecule has 0 bridgehead atoms. The van der Waals surface area contributed by atoms with Gasteiger partial charge < -0.3 is 9.80 Å². The molecule has 0 fully saturated rings. The Labute approximate surface area is 148 Å². The zero-order valence-corrected chi connectivity index (χ0v) is 14.6. The molecule has 0 spiro atoms. The van der Waals surface area contributed by atoms with Crippen molar-refractivity contribution in [3.63, 3.8) is 0 Å². The largest absolute Gasteiger partial charge is 0.302 e. The number of hydrogen-bond donors (Lipinski definition) is 0. The van der Waals surface area contributed by atoms with Gasteiger partial charge in [-0.25, -0.2) is 9.97 Å². The normalized spacial score (nSPS) is 16.2. The summed E-state index contributed by atoms with van der Waals surface area (Å²) in [5.41, 5.74) is 3.70. The molecule has 1 unspecified atom stereocenters. The lowest BCUT2D eigenvalue weighted by Crippen LogP contribution is -2.36. The third kappa shape index (κ3) is 2.64. The van der Waals surface area contributed by atoms with E-state index in [2.05, 4.69) is 82.1 Å². The van der Waals surface area contributed by atoms with Gasteiger partial charge in [0.1, 0.15) is 6.17 Å². The number of anilines is 4. The summed E-state index contributed by atoms with van der Waals surface area (Å²) in [6.45, 7) is 4.42. The summed E-state index contributed by atoms with van der Waals surface area (Å²) < 4.78 is 0. The van der Waals surface area contributed by atoms with Crippen LogP contribution in [0.3, 0.4) is 0 Å². The predicted octanol–water partition coefficient (Wildman–Crippen LogP) is 5.06. The average Bonchev–Trinajstić information content (AvgIpc) is 2.95. The Hall–Kier alpha value is -2.88. The SMILES string of the molecule is CCCc1ccccc1N1c2nccnc2N(c2ccccc2)C1C. The van der Waals surface area contributed by atoms with Crippen molar-refractivity contribution in [3.05, 3.63) is 72.6 Å². The van der Waals surface area contributed by atoms with Crippen molar-refractivity contribution in [1.82, 2.24) is 9.97 Å². The fraction of sp³-hybridized carbons (Fsp3) is 0.238. The number of aryl methyl sites for hydroxylation is 1.